The van der Waals surface area contributed by atoms with Crippen LogP contribution in [0.5, 0.6) is 0 Å². The number of carbonyl (C=O) groups is 3. The first-order valence-electron chi connectivity index (χ1n) is 6.16. The number of carboxylic acids is 1. The van der Waals surface area contributed by atoms with Crippen LogP contribution in [-0.2, 0) is 16.0 Å². The van der Waals surface area contributed by atoms with Gasteiger partial charge in [-0.25, -0.2) is 0 Å². The number of primary amides is 1. The molecule has 0 radical (unpaired) electrons. The van der Waals surface area contributed by atoms with Gasteiger partial charge < -0.3 is 10.8 Å². The largest absolute Gasteiger partial charge is 0.481 e. The normalized spacial score (nSPS) is 10.5. The third-order valence-electron chi connectivity index (χ3n) is 2.81. The van der Waals surface area contributed by atoms with Crippen LogP contribution in [0.3, 0.4) is 0 Å². The molecular formula is C14H13NO4S2. The summed E-state index contributed by atoms with van der Waals surface area (Å²) in [7, 11) is 0. The van der Waals surface area contributed by atoms with Gasteiger partial charge >= 0.3 is 5.97 Å². The Hall–Kier alpha value is -1.99. The maximum atomic E-state index is 11.9. The van der Waals surface area contributed by atoms with Crippen LogP contribution in [-0.4, -0.2) is 22.8 Å². The maximum Gasteiger partial charge on any atom is 0.303 e. The molecule has 7 heteroatoms. The molecule has 3 N–H and O–H groups in total. The smallest absolute Gasteiger partial charge is 0.303 e. The Kier molecular flexibility index (Phi) is 4.87. The van der Waals surface area contributed by atoms with E-state index in [2.05, 4.69) is 0 Å². The van der Waals surface area contributed by atoms with Gasteiger partial charge in [-0.1, -0.05) is 0 Å². The van der Waals surface area contributed by atoms with Crippen LogP contribution in [0.25, 0.3) is 10.4 Å². The molecule has 0 bridgehead atoms. The number of ketones is 1. The molecule has 0 saturated carbocycles. The third kappa shape index (κ3) is 3.99. The number of amides is 1. The van der Waals surface area contributed by atoms with Gasteiger partial charge in [0.1, 0.15) is 0 Å². The lowest BCUT2D eigenvalue weighted by Gasteiger charge is -1.98. The first-order chi connectivity index (χ1) is 9.97. The number of aliphatic carboxylic acids is 1. The van der Waals surface area contributed by atoms with Crippen molar-refractivity contribution >= 4 is 40.3 Å². The summed E-state index contributed by atoms with van der Waals surface area (Å²) in [5.41, 5.74) is 6.92. The first kappa shape index (κ1) is 15.4. The van der Waals surface area contributed by atoms with Crippen molar-refractivity contribution < 1.29 is 19.5 Å². The molecule has 2 aromatic rings. The highest BCUT2D eigenvalue weighted by molar-refractivity contribution is 7.15. The van der Waals surface area contributed by atoms with Crippen LogP contribution in [0, 0.1) is 0 Å². The lowest BCUT2D eigenvalue weighted by molar-refractivity contribution is -0.137. The number of rotatable bonds is 7. The summed E-state index contributed by atoms with van der Waals surface area (Å²) in [5, 5.41) is 12.3. The average molecular weight is 323 g/mol. The van der Waals surface area contributed by atoms with Crippen molar-refractivity contribution in [2.45, 2.75) is 19.3 Å². The molecule has 1 amide bonds. The van der Waals surface area contributed by atoms with Crippen LogP contribution in [0.2, 0.25) is 0 Å². The monoisotopic (exact) mass is 323 g/mol. The fourth-order valence-electron chi connectivity index (χ4n) is 1.86. The molecule has 0 spiro atoms. The summed E-state index contributed by atoms with van der Waals surface area (Å²) in [6, 6.07) is 3.58. The van der Waals surface area contributed by atoms with Crippen molar-refractivity contribution in [1.29, 1.82) is 0 Å². The van der Waals surface area contributed by atoms with E-state index in [9.17, 15) is 14.4 Å². The molecule has 0 aliphatic rings. The second kappa shape index (κ2) is 6.64. The molecule has 0 aromatic carbocycles. The molecule has 2 rings (SSSR count). The average Bonchev–Trinajstić information content (AvgIpc) is 3.03. The number of hydrogen-bond donors (Lipinski definition) is 2. The van der Waals surface area contributed by atoms with E-state index in [4.69, 9.17) is 10.8 Å². The third-order valence-corrected chi connectivity index (χ3v) is 4.79. The molecule has 110 valence electrons. The van der Waals surface area contributed by atoms with Crippen LogP contribution in [0.4, 0.5) is 0 Å². The Morgan fingerprint density at radius 2 is 1.95 bits per heavy atom. The predicted octanol–water partition coefficient (Wildman–Crippen LogP) is 2.55. The Morgan fingerprint density at radius 1 is 1.19 bits per heavy atom. The summed E-state index contributed by atoms with van der Waals surface area (Å²) >= 11 is 2.76. The van der Waals surface area contributed by atoms with E-state index in [1.165, 1.54) is 22.7 Å². The van der Waals surface area contributed by atoms with Crippen molar-refractivity contribution in [3.63, 3.8) is 0 Å². The molecule has 2 heterocycles. The Morgan fingerprint density at radius 3 is 2.62 bits per heavy atom. The number of hydrogen-bond acceptors (Lipinski definition) is 5. The lowest BCUT2D eigenvalue weighted by atomic mass is 10.1. The van der Waals surface area contributed by atoms with Crippen molar-refractivity contribution in [3.05, 3.63) is 33.3 Å². The minimum absolute atomic E-state index is 0.00608. The second-order valence-electron chi connectivity index (χ2n) is 4.43. The number of Topliss-reactive ketones (excluding diaryl/α,β-unsaturated/α-hetero) is 1. The summed E-state index contributed by atoms with van der Waals surface area (Å²) in [5.74, 6) is -1.56. The molecule has 21 heavy (non-hydrogen) atoms. The van der Waals surface area contributed by atoms with Gasteiger partial charge in [-0.05, 0) is 23.1 Å². The van der Waals surface area contributed by atoms with Gasteiger partial charge in [-0.3, -0.25) is 14.4 Å². The fourth-order valence-corrected chi connectivity index (χ4v) is 3.72. The highest BCUT2D eigenvalue weighted by atomic mass is 32.1. The molecule has 0 atom stereocenters. The van der Waals surface area contributed by atoms with Gasteiger partial charge in [0, 0.05) is 22.2 Å². The zero-order valence-electron chi connectivity index (χ0n) is 11.0. The van der Waals surface area contributed by atoms with E-state index in [1.54, 1.807) is 6.07 Å². The summed E-state index contributed by atoms with van der Waals surface area (Å²) in [6.45, 7) is 0. The van der Waals surface area contributed by atoms with Gasteiger partial charge in [-0.2, -0.15) is 0 Å². The SMILES string of the molecule is NC(=O)Cc1ccsc1-c1csc(C(=O)CCC(=O)O)c1. The van der Waals surface area contributed by atoms with Gasteiger partial charge in [0.2, 0.25) is 5.91 Å². The zero-order valence-corrected chi connectivity index (χ0v) is 12.6. The number of carboxylic acid groups (broad SMARTS) is 1. The Bertz CT molecular complexity index is 687. The Balaban J connectivity index is 2.16. The highest BCUT2D eigenvalue weighted by Gasteiger charge is 2.15. The highest BCUT2D eigenvalue weighted by Crippen LogP contribution is 2.33. The minimum Gasteiger partial charge on any atom is -0.481 e. The summed E-state index contributed by atoms with van der Waals surface area (Å²) in [6.07, 6.45) is -0.0111. The van der Waals surface area contributed by atoms with E-state index >= 15 is 0 Å². The number of nitrogens with two attached hydrogens (primary N) is 1. The van der Waals surface area contributed by atoms with Crippen LogP contribution >= 0.6 is 22.7 Å². The van der Waals surface area contributed by atoms with Crippen molar-refractivity contribution in [1.82, 2.24) is 0 Å². The second-order valence-corrected chi connectivity index (χ2v) is 6.26. The maximum absolute atomic E-state index is 11.9. The molecule has 0 aliphatic heterocycles. The molecular weight excluding hydrogens is 310 g/mol. The molecule has 0 fully saturated rings. The minimum atomic E-state index is -0.984. The van der Waals surface area contributed by atoms with Gasteiger partial charge in [-0.15, -0.1) is 22.7 Å². The number of carbonyl (C=O) groups excluding carboxylic acids is 2. The van der Waals surface area contributed by atoms with E-state index in [1.807, 2.05) is 16.8 Å². The van der Waals surface area contributed by atoms with Crippen LogP contribution in [0.1, 0.15) is 28.1 Å². The van der Waals surface area contributed by atoms with Gasteiger partial charge in [0.15, 0.2) is 5.78 Å². The molecule has 0 aliphatic carbocycles. The topological polar surface area (TPSA) is 97.5 Å². The van der Waals surface area contributed by atoms with E-state index in [-0.39, 0.29) is 25.0 Å². The number of thiophene rings is 2. The standard InChI is InChI=1S/C14H13NO4S2/c15-12(17)6-8-3-4-20-14(8)9-5-11(21-7-9)10(16)1-2-13(18)19/h3-5,7H,1-2,6H2,(H2,15,17)(H,18,19). The Labute approximate surface area is 129 Å². The van der Waals surface area contributed by atoms with Crippen molar-refractivity contribution in [3.8, 4) is 10.4 Å². The van der Waals surface area contributed by atoms with E-state index < -0.39 is 11.9 Å². The van der Waals surface area contributed by atoms with Gasteiger partial charge in [0.05, 0.1) is 17.7 Å². The van der Waals surface area contributed by atoms with E-state index in [0.717, 1.165) is 16.0 Å². The first-order valence-corrected chi connectivity index (χ1v) is 7.92. The lowest BCUT2D eigenvalue weighted by Crippen LogP contribution is -2.13. The summed E-state index contributed by atoms with van der Waals surface area (Å²) in [4.78, 5) is 34.8. The molecule has 2 aromatic heterocycles. The predicted molar refractivity (Wildman–Crippen MR) is 81.7 cm³/mol. The summed E-state index contributed by atoms with van der Waals surface area (Å²) < 4.78 is 0. The van der Waals surface area contributed by atoms with Crippen molar-refractivity contribution in [2.75, 3.05) is 0 Å². The van der Waals surface area contributed by atoms with Crippen molar-refractivity contribution in [2.24, 2.45) is 5.73 Å². The molecule has 5 nitrogen and oxygen atoms in total. The molecule has 0 saturated heterocycles. The van der Waals surface area contributed by atoms with E-state index in [0.29, 0.717) is 4.88 Å². The van der Waals surface area contributed by atoms with Gasteiger partial charge in [0.25, 0.3) is 0 Å². The quantitative estimate of drug-likeness (QED) is 0.765. The molecule has 0 unspecified atom stereocenters. The zero-order chi connectivity index (χ0) is 15.4. The van der Waals surface area contributed by atoms with Crippen LogP contribution in [0.15, 0.2) is 22.9 Å². The van der Waals surface area contributed by atoms with Crippen LogP contribution < -0.4 is 5.73 Å². The fraction of sp³-hybridized carbons (Fsp3) is 0.214.